The minimum Gasteiger partial charge on any atom is -0.459 e. The summed E-state index contributed by atoms with van der Waals surface area (Å²) in [4.78, 5) is 14.0. The molecule has 4 nitrogen and oxygen atoms in total. The van der Waals surface area contributed by atoms with Gasteiger partial charge in [0.05, 0.1) is 6.26 Å². The second-order valence-electron chi connectivity index (χ2n) is 4.65. The average molecular weight is 272 g/mol. The van der Waals surface area contributed by atoms with Crippen molar-refractivity contribution in [3.63, 3.8) is 0 Å². The van der Waals surface area contributed by atoms with Gasteiger partial charge >= 0.3 is 0 Å². The molecule has 1 heterocycles. The van der Waals surface area contributed by atoms with Crippen molar-refractivity contribution in [2.45, 2.75) is 13.8 Å². The number of anilines is 1. The highest BCUT2D eigenvalue weighted by Crippen LogP contribution is 2.15. The molecule has 2 aromatic rings. The summed E-state index contributed by atoms with van der Waals surface area (Å²) in [6.07, 6.45) is 1.50. The molecule has 0 aliphatic rings. The monoisotopic (exact) mass is 272 g/mol. The van der Waals surface area contributed by atoms with Gasteiger partial charge in [0.25, 0.3) is 5.91 Å². The highest BCUT2D eigenvalue weighted by molar-refractivity contribution is 5.91. The van der Waals surface area contributed by atoms with E-state index in [1.54, 1.807) is 12.1 Å². The molecule has 4 heteroatoms. The number of carbonyl (C=O) groups is 1. The highest BCUT2D eigenvalue weighted by atomic mass is 16.3. The minimum atomic E-state index is -0.171. The minimum absolute atomic E-state index is 0.171. The lowest BCUT2D eigenvalue weighted by Gasteiger charge is -2.23. The van der Waals surface area contributed by atoms with E-state index in [9.17, 15) is 4.79 Å². The van der Waals surface area contributed by atoms with Crippen molar-refractivity contribution in [2.75, 3.05) is 24.5 Å². The van der Waals surface area contributed by atoms with E-state index >= 15 is 0 Å². The second kappa shape index (κ2) is 6.80. The fourth-order valence-corrected chi connectivity index (χ4v) is 2.09. The van der Waals surface area contributed by atoms with Gasteiger partial charge in [-0.15, -0.1) is 0 Å². The van der Waals surface area contributed by atoms with Crippen molar-refractivity contribution >= 4 is 11.6 Å². The zero-order valence-electron chi connectivity index (χ0n) is 11.9. The lowest BCUT2D eigenvalue weighted by molar-refractivity contribution is 0.0927. The number of hydrogen-bond donors (Lipinski definition) is 1. The van der Waals surface area contributed by atoms with Gasteiger partial charge in [0.15, 0.2) is 5.76 Å². The van der Waals surface area contributed by atoms with Crippen LogP contribution in [0.5, 0.6) is 0 Å². The van der Waals surface area contributed by atoms with Gasteiger partial charge in [0.1, 0.15) is 0 Å². The molecule has 0 aliphatic carbocycles. The van der Waals surface area contributed by atoms with Crippen LogP contribution in [0.1, 0.15) is 23.0 Å². The Morgan fingerprint density at radius 3 is 2.80 bits per heavy atom. The Morgan fingerprint density at radius 2 is 2.15 bits per heavy atom. The smallest absolute Gasteiger partial charge is 0.287 e. The van der Waals surface area contributed by atoms with Crippen LogP contribution in [-0.4, -0.2) is 25.5 Å². The van der Waals surface area contributed by atoms with Crippen LogP contribution >= 0.6 is 0 Å². The number of hydrogen-bond acceptors (Lipinski definition) is 3. The van der Waals surface area contributed by atoms with Crippen molar-refractivity contribution in [3.05, 3.63) is 54.0 Å². The molecule has 0 saturated heterocycles. The van der Waals surface area contributed by atoms with E-state index in [0.717, 1.165) is 13.1 Å². The standard InChI is InChI=1S/C16H20N2O2/c1-3-18(14-7-4-6-13(2)12-14)10-9-17-16(19)15-8-5-11-20-15/h4-8,11-12H,3,9-10H2,1-2H3,(H,17,19). The average Bonchev–Trinajstić information content (AvgIpc) is 2.97. The lowest BCUT2D eigenvalue weighted by atomic mass is 10.2. The van der Waals surface area contributed by atoms with Crippen LogP contribution in [0.25, 0.3) is 0 Å². The summed E-state index contributed by atoms with van der Waals surface area (Å²) in [7, 11) is 0. The maximum Gasteiger partial charge on any atom is 0.287 e. The number of nitrogens with one attached hydrogen (secondary N) is 1. The van der Waals surface area contributed by atoms with Crippen LogP contribution in [0.3, 0.4) is 0 Å². The van der Waals surface area contributed by atoms with E-state index < -0.39 is 0 Å². The first-order valence-corrected chi connectivity index (χ1v) is 6.84. The fourth-order valence-electron chi connectivity index (χ4n) is 2.09. The summed E-state index contributed by atoms with van der Waals surface area (Å²) in [5.41, 5.74) is 2.42. The van der Waals surface area contributed by atoms with E-state index in [2.05, 4.69) is 48.3 Å². The van der Waals surface area contributed by atoms with Crippen LogP contribution in [0.2, 0.25) is 0 Å². The summed E-state index contributed by atoms with van der Waals surface area (Å²) in [5.74, 6) is 0.180. The summed E-state index contributed by atoms with van der Waals surface area (Å²) in [5, 5.41) is 2.86. The number of rotatable bonds is 6. The molecule has 0 spiro atoms. The Hall–Kier alpha value is -2.23. The van der Waals surface area contributed by atoms with Gasteiger partial charge in [-0.05, 0) is 43.7 Å². The van der Waals surface area contributed by atoms with Crippen LogP contribution in [0, 0.1) is 6.92 Å². The van der Waals surface area contributed by atoms with Crippen LogP contribution in [0.15, 0.2) is 47.1 Å². The Balaban J connectivity index is 1.87. The molecular weight excluding hydrogens is 252 g/mol. The van der Waals surface area contributed by atoms with Crippen LogP contribution in [-0.2, 0) is 0 Å². The van der Waals surface area contributed by atoms with E-state index in [1.807, 2.05) is 0 Å². The van der Waals surface area contributed by atoms with Crippen LogP contribution < -0.4 is 10.2 Å². The maximum absolute atomic E-state index is 11.7. The molecule has 106 valence electrons. The number of amides is 1. The van der Waals surface area contributed by atoms with Gasteiger partial charge in [-0.2, -0.15) is 0 Å². The molecule has 0 atom stereocenters. The molecule has 0 radical (unpaired) electrons. The molecule has 2 rings (SSSR count). The third-order valence-corrected chi connectivity index (χ3v) is 3.16. The van der Waals surface area contributed by atoms with Gasteiger partial charge in [0.2, 0.25) is 0 Å². The van der Waals surface area contributed by atoms with Gasteiger partial charge < -0.3 is 14.6 Å². The second-order valence-corrected chi connectivity index (χ2v) is 4.65. The molecule has 0 aliphatic heterocycles. The predicted octanol–water partition coefficient (Wildman–Crippen LogP) is 2.84. The summed E-state index contributed by atoms with van der Waals surface area (Å²) >= 11 is 0. The largest absolute Gasteiger partial charge is 0.459 e. The zero-order chi connectivity index (χ0) is 14.4. The van der Waals surface area contributed by atoms with E-state index in [0.29, 0.717) is 12.3 Å². The van der Waals surface area contributed by atoms with Gasteiger partial charge in [-0.3, -0.25) is 4.79 Å². The number of furan rings is 1. The molecule has 1 N–H and O–H groups in total. The predicted molar refractivity (Wildman–Crippen MR) is 80.1 cm³/mol. The first kappa shape index (κ1) is 14.2. The van der Waals surface area contributed by atoms with Crippen molar-refractivity contribution < 1.29 is 9.21 Å². The van der Waals surface area contributed by atoms with Crippen LogP contribution in [0.4, 0.5) is 5.69 Å². The number of benzene rings is 1. The van der Waals surface area contributed by atoms with Crippen molar-refractivity contribution in [1.82, 2.24) is 5.32 Å². The fraction of sp³-hybridized carbons (Fsp3) is 0.312. The number of aryl methyl sites for hydroxylation is 1. The zero-order valence-corrected chi connectivity index (χ0v) is 11.9. The first-order valence-electron chi connectivity index (χ1n) is 6.84. The normalized spacial score (nSPS) is 10.3. The van der Waals surface area contributed by atoms with Gasteiger partial charge in [0, 0.05) is 25.3 Å². The third kappa shape index (κ3) is 3.63. The molecule has 20 heavy (non-hydrogen) atoms. The van der Waals surface area contributed by atoms with Crippen molar-refractivity contribution in [2.24, 2.45) is 0 Å². The molecule has 1 aromatic heterocycles. The summed E-state index contributed by atoms with van der Waals surface area (Å²) in [6, 6.07) is 11.7. The molecular formula is C16H20N2O2. The van der Waals surface area contributed by atoms with Gasteiger partial charge in [-0.25, -0.2) is 0 Å². The van der Waals surface area contributed by atoms with E-state index in [4.69, 9.17) is 4.42 Å². The van der Waals surface area contributed by atoms with Crippen molar-refractivity contribution in [1.29, 1.82) is 0 Å². The summed E-state index contributed by atoms with van der Waals surface area (Å²) in [6.45, 7) is 6.44. The topological polar surface area (TPSA) is 45.5 Å². The Morgan fingerprint density at radius 1 is 1.30 bits per heavy atom. The Kier molecular flexibility index (Phi) is 4.82. The maximum atomic E-state index is 11.7. The highest BCUT2D eigenvalue weighted by Gasteiger charge is 2.09. The molecule has 0 bridgehead atoms. The first-order chi connectivity index (χ1) is 9.70. The third-order valence-electron chi connectivity index (χ3n) is 3.16. The van der Waals surface area contributed by atoms with E-state index in [-0.39, 0.29) is 5.91 Å². The number of likely N-dealkylation sites (N-methyl/N-ethyl adjacent to an activating group) is 1. The molecule has 1 aromatic carbocycles. The van der Waals surface area contributed by atoms with Gasteiger partial charge in [-0.1, -0.05) is 12.1 Å². The quantitative estimate of drug-likeness (QED) is 0.879. The summed E-state index contributed by atoms with van der Waals surface area (Å²) < 4.78 is 5.05. The number of carbonyl (C=O) groups excluding carboxylic acids is 1. The molecule has 0 saturated carbocycles. The molecule has 1 amide bonds. The Labute approximate surface area is 119 Å². The number of nitrogens with zero attached hydrogens (tertiary/aromatic N) is 1. The van der Waals surface area contributed by atoms with Crippen molar-refractivity contribution in [3.8, 4) is 0 Å². The molecule has 0 fully saturated rings. The Bertz CT molecular complexity index is 549. The lowest BCUT2D eigenvalue weighted by Crippen LogP contribution is -2.34. The SMILES string of the molecule is CCN(CCNC(=O)c1ccco1)c1cccc(C)c1. The molecule has 0 unspecified atom stereocenters. The van der Waals surface area contributed by atoms with E-state index in [1.165, 1.54) is 17.5 Å².